The number of rotatable bonds is 6. The van der Waals surface area contributed by atoms with E-state index in [9.17, 15) is 4.39 Å². The first kappa shape index (κ1) is 12.3. The van der Waals surface area contributed by atoms with Crippen molar-refractivity contribution in [2.75, 3.05) is 30.3 Å². The topological polar surface area (TPSA) is 12.0 Å². The van der Waals surface area contributed by atoms with E-state index in [0.717, 1.165) is 16.6 Å². The van der Waals surface area contributed by atoms with Crippen LogP contribution in [0.5, 0.6) is 0 Å². The average Bonchev–Trinajstić information content (AvgIpc) is 2.23. The summed E-state index contributed by atoms with van der Waals surface area (Å²) >= 11 is 3.83. The van der Waals surface area contributed by atoms with Gasteiger partial charge in [0, 0.05) is 16.4 Å². The average molecular weight is 257 g/mol. The predicted octanol–water partition coefficient (Wildman–Crippen LogP) is 2.87. The Kier molecular flexibility index (Phi) is 5.00. The van der Waals surface area contributed by atoms with Gasteiger partial charge in [0.2, 0.25) is 0 Å². The number of hydrogen-bond donors (Lipinski definition) is 1. The van der Waals surface area contributed by atoms with Gasteiger partial charge in [-0.1, -0.05) is 0 Å². The second kappa shape index (κ2) is 6.52. The summed E-state index contributed by atoms with van der Waals surface area (Å²) in [4.78, 5) is 1.16. The third-order valence-electron chi connectivity index (χ3n) is 2.53. The van der Waals surface area contributed by atoms with Gasteiger partial charge in [0.1, 0.15) is 5.82 Å². The fourth-order valence-electron chi connectivity index (χ4n) is 1.47. The smallest absolute Gasteiger partial charge is 0.123 e. The van der Waals surface area contributed by atoms with Crippen LogP contribution < -0.4 is 5.32 Å². The highest BCUT2D eigenvalue weighted by atomic mass is 32.2. The van der Waals surface area contributed by atoms with Gasteiger partial charge in [0.15, 0.2) is 0 Å². The fourth-order valence-corrected chi connectivity index (χ4v) is 3.57. The van der Waals surface area contributed by atoms with Crippen LogP contribution in [-0.2, 0) is 0 Å². The molecule has 16 heavy (non-hydrogen) atoms. The molecule has 0 unspecified atom stereocenters. The lowest BCUT2D eigenvalue weighted by Gasteiger charge is -2.26. The van der Waals surface area contributed by atoms with Crippen molar-refractivity contribution < 1.29 is 4.39 Å². The summed E-state index contributed by atoms with van der Waals surface area (Å²) in [5.41, 5.74) is 0. The number of benzene rings is 1. The Morgan fingerprint density at radius 1 is 1.19 bits per heavy atom. The van der Waals surface area contributed by atoms with E-state index < -0.39 is 0 Å². The molecule has 1 nitrogen and oxygen atoms in total. The molecule has 0 aromatic heterocycles. The van der Waals surface area contributed by atoms with Crippen molar-refractivity contribution in [2.24, 2.45) is 5.92 Å². The van der Waals surface area contributed by atoms with E-state index in [-0.39, 0.29) is 5.82 Å². The maximum Gasteiger partial charge on any atom is 0.123 e. The van der Waals surface area contributed by atoms with E-state index in [4.69, 9.17) is 0 Å². The van der Waals surface area contributed by atoms with Crippen LogP contribution >= 0.6 is 23.5 Å². The van der Waals surface area contributed by atoms with Gasteiger partial charge < -0.3 is 5.32 Å². The van der Waals surface area contributed by atoms with E-state index in [2.05, 4.69) is 5.32 Å². The summed E-state index contributed by atoms with van der Waals surface area (Å²) < 4.78 is 12.6. The molecule has 1 fully saturated rings. The summed E-state index contributed by atoms with van der Waals surface area (Å²) in [6.07, 6.45) is 0. The molecule has 0 spiro atoms. The van der Waals surface area contributed by atoms with Crippen LogP contribution in [0, 0.1) is 11.7 Å². The van der Waals surface area contributed by atoms with Gasteiger partial charge in [0.05, 0.1) is 0 Å². The largest absolute Gasteiger partial charge is 0.316 e. The monoisotopic (exact) mass is 257 g/mol. The highest BCUT2D eigenvalue weighted by molar-refractivity contribution is 8.02. The second-order valence-corrected chi connectivity index (χ2v) is 6.22. The molecule has 0 bridgehead atoms. The van der Waals surface area contributed by atoms with Crippen molar-refractivity contribution >= 4 is 23.5 Å². The van der Waals surface area contributed by atoms with Gasteiger partial charge in [-0.25, -0.2) is 4.39 Å². The first-order chi connectivity index (χ1) is 7.84. The van der Waals surface area contributed by atoms with Crippen molar-refractivity contribution in [3.8, 4) is 0 Å². The van der Waals surface area contributed by atoms with Crippen molar-refractivity contribution in [3.63, 3.8) is 0 Å². The normalized spacial score (nSPS) is 16.1. The molecule has 1 heterocycles. The molecule has 1 N–H and O–H groups in total. The SMILES string of the molecule is Fc1ccc(SCCSCC2CNC2)cc1. The number of nitrogens with one attached hydrogen (secondary N) is 1. The van der Waals surface area contributed by atoms with Crippen LogP contribution in [0.25, 0.3) is 0 Å². The molecule has 0 atom stereocenters. The van der Waals surface area contributed by atoms with Gasteiger partial charge in [0.25, 0.3) is 0 Å². The van der Waals surface area contributed by atoms with Crippen LogP contribution in [0.1, 0.15) is 0 Å². The van der Waals surface area contributed by atoms with Crippen LogP contribution in [0.3, 0.4) is 0 Å². The van der Waals surface area contributed by atoms with Gasteiger partial charge in [-0.3, -0.25) is 0 Å². The summed E-state index contributed by atoms with van der Waals surface area (Å²) in [5.74, 6) is 4.29. The summed E-state index contributed by atoms with van der Waals surface area (Å²) in [5, 5.41) is 3.28. The molecule has 1 aliphatic heterocycles. The second-order valence-electron chi connectivity index (χ2n) is 3.90. The lowest BCUT2D eigenvalue weighted by atomic mass is 10.1. The molecule has 0 saturated carbocycles. The third kappa shape index (κ3) is 4.00. The van der Waals surface area contributed by atoms with Gasteiger partial charge >= 0.3 is 0 Å². The van der Waals surface area contributed by atoms with Gasteiger partial charge in [-0.2, -0.15) is 11.8 Å². The fraction of sp³-hybridized carbons (Fsp3) is 0.500. The zero-order valence-corrected chi connectivity index (χ0v) is 10.7. The van der Waals surface area contributed by atoms with E-state index >= 15 is 0 Å². The lowest BCUT2D eigenvalue weighted by molar-refractivity contribution is 0.385. The Hall–Kier alpha value is -0.190. The molecule has 0 radical (unpaired) electrons. The van der Waals surface area contributed by atoms with E-state index in [1.54, 1.807) is 11.8 Å². The third-order valence-corrected chi connectivity index (χ3v) is 5.00. The van der Waals surface area contributed by atoms with Crippen LogP contribution in [0.4, 0.5) is 4.39 Å². The van der Waals surface area contributed by atoms with Crippen LogP contribution in [0.15, 0.2) is 29.2 Å². The highest BCUT2D eigenvalue weighted by Gasteiger charge is 2.15. The van der Waals surface area contributed by atoms with E-state index in [1.807, 2.05) is 23.9 Å². The number of thioether (sulfide) groups is 2. The minimum atomic E-state index is -0.156. The minimum Gasteiger partial charge on any atom is -0.316 e. The molecule has 0 amide bonds. The van der Waals surface area contributed by atoms with Crippen molar-refractivity contribution in [3.05, 3.63) is 30.1 Å². The quantitative estimate of drug-likeness (QED) is 0.622. The van der Waals surface area contributed by atoms with Crippen LogP contribution in [0.2, 0.25) is 0 Å². The maximum absolute atomic E-state index is 12.6. The molecule has 1 saturated heterocycles. The molecule has 88 valence electrons. The van der Waals surface area contributed by atoms with Crippen molar-refractivity contribution in [1.29, 1.82) is 0 Å². The van der Waals surface area contributed by atoms with Crippen molar-refractivity contribution in [2.45, 2.75) is 4.90 Å². The molecule has 2 rings (SSSR count). The molecular formula is C12H16FNS2. The molecular weight excluding hydrogens is 241 g/mol. The summed E-state index contributed by atoms with van der Waals surface area (Å²) in [7, 11) is 0. The lowest BCUT2D eigenvalue weighted by Crippen LogP contribution is -2.43. The zero-order valence-electron chi connectivity index (χ0n) is 9.12. The molecule has 1 aromatic rings. The predicted molar refractivity (Wildman–Crippen MR) is 70.8 cm³/mol. The summed E-state index contributed by atoms with van der Waals surface area (Å²) in [6.45, 7) is 2.39. The maximum atomic E-state index is 12.6. The Morgan fingerprint density at radius 2 is 1.94 bits per heavy atom. The number of hydrogen-bond acceptors (Lipinski definition) is 3. The molecule has 0 aliphatic carbocycles. The number of halogens is 1. The first-order valence-corrected chi connectivity index (χ1v) is 7.65. The Morgan fingerprint density at radius 3 is 2.56 bits per heavy atom. The molecule has 1 aromatic carbocycles. The minimum absolute atomic E-state index is 0.156. The van der Waals surface area contributed by atoms with Gasteiger partial charge in [-0.15, -0.1) is 11.8 Å². The standard InChI is InChI=1S/C12H16FNS2/c13-11-1-3-12(4-2-11)16-6-5-15-9-10-7-14-8-10/h1-4,10,14H,5-9H2. The van der Waals surface area contributed by atoms with Crippen LogP contribution in [-0.4, -0.2) is 30.3 Å². The first-order valence-electron chi connectivity index (χ1n) is 5.51. The van der Waals surface area contributed by atoms with E-state index in [1.165, 1.54) is 36.7 Å². The highest BCUT2D eigenvalue weighted by Crippen LogP contribution is 2.20. The summed E-state index contributed by atoms with van der Waals surface area (Å²) in [6, 6.07) is 6.74. The Labute approximate surface area is 105 Å². The van der Waals surface area contributed by atoms with Crippen molar-refractivity contribution in [1.82, 2.24) is 5.32 Å². The van der Waals surface area contributed by atoms with E-state index in [0.29, 0.717) is 0 Å². The Bertz CT molecular complexity index is 311. The molecule has 4 heteroatoms. The molecule has 1 aliphatic rings. The van der Waals surface area contributed by atoms with Gasteiger partial charge in [-0.05, 0) is 49.0 Å². The Balaban J connectivity index is 1.55. The zero-order chi connectivity index (χ0) is 11.2.